The second-order valence-electron chi connectivity index (χ2n) is 3.76. The van der Waals surface area contributed by atoms with Crippen molar-refractivity contribution >= 4 is 5.91 Å². The predicted molar refractivity (Wildman–Crippen MR) is 55.2 cm³/mol. The first kappa shape index (κ1) is 11.9. The number of nitrogens with one attached hydrogen (secondary N) is 2. The molecule has 0 aromatic heterocycles. The van der Waals surface area contributed by atoms with E-state index in [1.807, 2.05) is 0 Å². The van der Waals surface area contributed by atoms with Crippen molar-refractivity contribution in [3.8, 4) is 0 Å². The number of hydrogen-bond acceptors (Lipinski definition) is 2. The molecule has 1 aliphatic heterocycles. The lowest BCUT2D eigenvalue weighted by Crippen LogP contribution is -2.47. The van der Waals surface area contributed by atoms with Crippen molar-refractivity contribution in [3.05, 3.63) is 35.4 Å². The standard InChI is InChI=1S/C11H11F3N2O/c12-11(13,14)8-4-2-1-3-7(8)9-10(17)16-6-5-15-9/h1-4,9,15H,5-6H2,(H,16,17). The third-order valence-electron chi connectivity index (χ3n) is 2.61. The summed E-state index contributed by atoms with van der Waals surface area (Å²) in [4.78, 5) is 11.5. The number of carbonyl (C=O) groups is 1. The maximum atomic E-state index is 12.8. The highest BCUT2D eigenvalue weighted by atomic mass is 19.4. The van der Waals surface area contributed by atoms with Crippen LogP contribution >= 0.6 is 0 Å². The fourth-order valence-electron chi connectivity index (χ4n) is 1.86. The van der Waals surface area contributed by atoms with E-state index in [2.05, 4.69) is 10.6 Å². The van der Waals surface area contributed by atoms with Gasteiger partial charge in [-0.2, -0.15) is 13.2 Å². The van der Waals surface area contributed by atoms with Crippen molar-refractivity contribution < 1.29 is 18.0 Å². The lowest BCUT2D eigenvalue weighted by molar-refractivity contribution is -0.139. The number of piperazine rings is 1. The number of halogens is 3. The Morgan fingerprint density at radius 2 is 1.88 bits per heavy atom. The van der Waals surface area contributed by atoms with Crippen LogP contribution in [0.1, 0.15) is 17.2 Å². The van der Waals surface area contributed by atoms with Gasteiger partial charge in [0.05, 0.1) is 5.56 Å². The van der Waals surface area contributed by atoms with E-state index in [1.165, 1.54) is 18.2 Å². The molecule has 0 saturated carbocycles. The highest BCUT2D eigenvalue weighted by molar-refractivity contribution is 5.84. The molecule has 1 amide bonds. The molecule has 1 saturated heterocycles. The molecular formula is C11H11F3N2O. The summed E-state index contributed by atoms with van der Waals surface area (Å²) in [5.74, 6) is -0.423. The van der Waals surface area contributed by atoms with E-state index in [-0.39, 0.29) is 5.56 Å². The second kappa shape index (κ2) is 4.37. The number of alkyl halides is 3. The Hall–Kier alpha value is -1.56. The number of benzene rings is 1. The van der Waals surface area contributed by atoms with Gasteiger partial charge in [0.15, 0.2) is 0 Å². The molecule has 0 bridgehead atoms. The predicted octanol–water partition coefficient (Wildman–Crippen LogP) is 1.47. The van der Waals surface area contributed by atoms with Crippen molar-refractivity contribution in [2.24, 2.45) is 0 Å². The zero-order valence-electron chi connectivity index (χ0n) is 8.84. The van der Waals surface area contributed by atoms with Crippen LogP contribution in [-0.2, 0) is 11.0 Å². The van der Waals surface area contributed by atoms with Crippen LogP contribution in [0.3, 0.4) is 0 Å². The third-order valence-corrected chi connectivity index (χ3v) is 2.61. The van der Waals surface area contributed by atoms with E-state index in [9.17, 15) is 18.0 Å². The lowest BCUT2D eigenvalue weighted by Gasteiger charge is -2.26. The van der Waals surface area contributed by atoms with Crippen LogP contribution in [0.4, 0.5) is 13.2 Å². The van der Waals surface area contributed by atoms with Gasteiger partial charge < -0.3 is 10.6 Å². The van der Waals surface area contributed by atoms with Gasteiger partial charge in [0.1, 0.15) is 6.04 Å². The molecule has 17 heavy (non-hydrogen) atoms. The zero-order valence-corrected chi connectivity index (χ0v) is 8.84. The van der Waals surface area contributed by atoms with Crippen molar-refractivity contribution in [1.82, 2.24) is 10.6 Å². The fourth-order valence-corrected chi connectivity index (χ4v) is 1.86. The average molecular weight is 244 g/mol. The average Bonchev–Trinajstić information content (AvgIpc) is 2.28. The molecule has 2 N–H and O–H groups in total. The minimum Gasteiger partial charge on any atom is -0.353 e. The topological polar surface area (TPSA) is 41.1 Å². The van der Waals surface area contributed by atoms with Crippen LogP contribution < -0.4 is 10.6 Å². The number of rotatable bonds is 1. The van der Waals surface area contributed by atoms with Gasteiger partial charge in [-0.25, -0.2) is 0 Å². The summed E-state index contributed by atoms with van der Waals surface area (Å²) in [5.41, 5.74) is -0.799. The molecule has 1 aromatic carbocycles. The zero-order chi connectivity index (χ0) is 12.5. The summed E-state index contributed by atoms with van der Waals surface area (Å²) < 4.78 is 38.3. The molecule has 1 aromatic rings. The van der Waals surface area contributed by atoms with Crippen molar-refractivity contribution in [2.75, 3.05) is 13.1 Å². The van der Waals surface area contributed by atoms with Crippen LogP contribution in [0, 0.1) is 0 Å². The lowest BCUT2D eigenvalue weighted by atomic mass is 9.98. The molecule has 92 valence electrons. The van der Waals surface area contributed by atoms with Gasteiger partial charge in [0.2, 0.25) is 5.91 Å². The molecule has 6 heteroatoms. The summed E-state index contributed by atoms with van der Waals surface area (Å²) >= 11 is 0. The number of amides is 1. The third kappa shape index (κ3) is 2.41. The smallest absolute Gasteiger partial charge is 0.353 e. The van der Waals surface area contributed by atoms with E-state index in [0.29, 0.717) is 13.1 Å². The monoisotopic (exact) mass is 244 g/mol. The maximum absolute atomic E-state index is 12.8. The first-order valence-electron chi connectivity index (χ1n) is 5.17. The van der Waals surface area contributed by atoms with Crippen molar-refractivity contribution in [1.29, 1.82) is 0 Å². The largest absolute Gasteiger partial charge is 0.416 e. The van der Waals surface area contributed by atoms with Gasteiger partial charge in [-0.3, -0.25) is 4.79 Å². The highest BCUT2D eigenvalue weighted by Crippen LogP contribution is 2.34. The summed E-state index contributed by atoms with van der Waals surface area (Å²) in [6.45, 7) is 0.895. The Kier molecular flexibility index (Phi) is 3.06. The molecule has 0 aliphatic carbocycles. The first-order valence-corrected chi connectivity index (χ1v) is 5.17. The minimum absolute atomic E-state index is 0.0304. The Labute approximate surface area is 96.0 Å². The summed E-state index contributed by atoms with van der Waals surface area (Å²) in [6, 6.07) is 4.19. The van der Waals surface area contributed by atoms with Crippen LogP contribution in [0.15, 0.2) is 24.3 Å². The molecule has 1 unspecified atom stereocenters. The van der Waals surface area contributed by atoms with Crippen LogP contribution in [-0.4, -0.2) is 19.0 Å². The molecule has 2 rings (SSSR count). The summed E-state index contributed by atoms with van der Waals surface area (Å²) in [7, 11) is 0. The van der Waals surface area contributed by atoms with Gasteiger partial charge in [-0.15, -0.1) is 0 Å². The van der Waals surface area contributed by atoms with Gasteiger partial charge in [-0.1, -0.05) is 18.2 Å². The quantitative estimate of drug-likeness (QED) is 0.785. The molecule has 3 nitrogen and oxygen atoms in total. The van der Waals surface area contributed by atoms with Crippen molar-refractivity contribution in [3.63, 3.8) is 0 Å². The summed E-state index contributed by atoms with van der Waals surface area (Å²) in [6.07, 6.45) is -4.45. The first-order chi connectivity index (χ1) is 8.00. The van der Waals surface area contributed by atoms with Crippen LogP contribution in [0.5, 0.6) is 0 Å². The van der Waals surface area contributed by atoms with E-state index < -0.39 is 23.7 Å². The Morgan fingerprint density at radius 3 is 2.53 bits per heavy atom. The van der Waals surface area contributed by atoms with E-state index in [0.717, 1.165) is 6.07 Å². The van der Waals surface area contributed by atoms with Crippen LogP contribution in [0.2, 0.25) is 0 Å². The molecule has 1 atom stereocenters. The van der Waals surface area contributed by atoms with Gasteiger partial charge in [0.25, 0.3) is 0 Å². The molecule has 1 aliphatic rings. The summed E-state index contributed by atoms with van der Waals surface area (Å²) in [5, 5.41) is 5.33. The Morgan fingerprint density at radius 1 is 1.18 bits per heavy atom. The van der Waals surface area contributed by atoms with Gasteiger partial charge in [0, 0.05) is 13.1 Å². The number of carbonyl (C=O) groups excluding carboxylic acids is 1. The van der Waals surface area contributed by atoms with E-state index in [1.54, 1.807) is 0 Å². The van der Waals surface area contributed by atoms with E-state index in [4.69, 9.17) is 0 Å². The molecule has 0 radical (unpaired) electrons. The SMILES string of the molecule is O=C1NCCNC1c1ccccc1C(F)(F)F. The Balaban J connectivity index is 2.41. The molecule has 0 spiro atoms. The van der Waals surface area contributed by atoms with E-state index >= 15 is 0 Å². The maximum Gasteiger partial charge on any atom is 0.416 e. The Bertz CT molecular complexity index is 431. The molecule has 1 heterocycles. The highest BCUT2D eigenvalue weighted by Gasteiger charge is 2.37. The normalized spacial score (nSPS) is 21.1. The fraction of sp³-hybridized carbons (Fsp3) is 0.364. The van der Waals surface area contributed by atoms with Gasteiger partial charge >= 0.3 is 6.18 Å². The van der Waals surface area contributed by atoms with Crippen molar-refractivity contribution in [2.45, 2.75) is 12.2 Å². The van der Waals surface area contributed by atoms with Gasteiger partial charge in [-0.05, 0) is 11.6 Å². The molecule has 1 fully saturated rings. The second-order valence-corrected chi connectivity index (χ2v) is 3.76. The number of hydrogen-bond donors (Lipinski definition) is 2. The molecular weight excluding hydrogens is 233 g/mol. The minimum atomic E-state index is -4.45. The van der Waals surface area contributed by atoms with Crippen LogP contribution in [0.25, 0.3) is 0 Å².